The molecule has 1 aliphatic heterocycles. The molecule has 1 aromatic heterocycles. The Morgan fingerprint density at radius 3 is 2.42 bits per heavy atom. The molecule has 0 radical (unpaired) electrons. The first-order valence-electron chi connectivity index (χ1n) is 6.61. The van der Waals surface area contributed by atoms with Gasteiger partial charge in [-0.15, -0.1) is 0 Å². The number of nitrogens with one attached hydrogen (secondary N) is 1. The molecule has 104 valence electrons. The van der Waals surface area contributed by atoms with Crippen LogP contribution in [0.15, 0.2) is 12.4 Å². The van der Waals surface area contributed by atoms with Gasteiger partial charge in [-0.05, 0) is 18.8 Å². The molecule has 0 spiro atoms. The van der Waals surface area contributed by atoms with E-state index in [4.69, 9.17) is 11.6 Å². The Bertz CT molecular complexity index is 429. The summed E-state index contributed by atoms with van der Waals surface area (Å²) < 4.78 is 0. The van der Waals surface area contributed by atoms with Crippen molar-refractivity contribution in [1.82, 2.24) is 14.9 Å². The summed E-state index contributed by atoms with van der Waals surface area (Å²) in [5.41, 5.74) is 0. The van der Waals surface area contributed by atoms with Gasteiger partial charge in [-0.2, -0.15) is 0 Å². The molecule has 1 N–H and O–H groups in total. The summed E-state index contributed by atoms with van der Waals surface area (Å²) in [7, 11) is 0. The van der Waals surface area contributed by atoms with Crippen molar-refractivity contribution in [1.29, 1.82) is 0 Å². The van der Waals surface area contributed by atoms with E-state index >= 15 is 0 Å². The molecule has 1 aliphatic rings. The van der Waals surface area contributed by atoms with Crippen LogP contribution >= 0.6 is 11.6 Å². The molecule has 5 nitrogen and oxygen atoms in total. The van der Waals surface area contributed by atoms with Crippen LogP contribution in [0.1, 0.15) is 26.7 Å². The van der Waals surface area contributed by atoms with E-state index in [1.807, 2.05) is 18.7 Å². The maximum Gasteiger partial charge on any atom is 0.245 e. The average Bonchev–Trinajstić information content (AvgIpc) is 2.91. The van der Waals surface area contributed by atoms with Crippen LogP contribution < -0.4 is 5.32 Å². The summed E-state index contributed by atoms with van der Waals surface area (Å²) in [6.07, 6.45) is 5.23. The predicted octanol–water partition coefficient (Wildman–Crippen LogP) is 2.19. The number of carbonyl (C=O) groups excluding carboxylic acids is 1. The van der Waals surface area contributed by atoms with Gasteiger partial charge in [-0.3, -0.25) is 4.79 Å². The SMILES string of the molecule is CC(C)[C@H](Nc1ncc(Cl)cn1)C(=O)N1CCCC1. The van der Waals surface area contributed by atoms with Gasteiger partial charge in [-0.25, -0.2) is 9.97 Å². The molecule has 1 amide bonds. The summed E-state index contributed by atoms with van der Waals surface area (Å²) >= 11 is 5.75. The normalized spacial score (nSPS) is 16.7. The highest BCUT2D eigenvalue weighted by molar-refractivity contribution is 6.30. The second kappa shape index (κ2) is 6.19. The maximum atomic E-state index is 12.4. The van der Waals surface area contributed by atoms with Crippen LogP contribution in [0, 0.1) is 5.92 Å². The van der Waals surface area contributed by atoms with Gasteiger partial charge in [0.25, 0.3) is 0 Å². The summed E-state index contributed by atoms with van der Waals surface area (Å²) in [5.74, 6) is 0.745. The molecule has 1 saturated heterocycles. The van der Waals surface area contributed by atoms with Crippen molar-refractivity contribution < 1.29 is 4.79 Å². The Kier molecular flexibility index (Phi) is 4.58. The highest BCUT2D eigenvalue weighted by atomic mass is 35.5. The number of halogens is 1. The second-order valence-electron chi connectivity index (χ2n) is 5.12. The largest absolute Gasteiger partial charge is 0.342 e. The van der Waals surface area contributed by atoms with Crippen molar-refractivity contribution in [2.75, 3.05) is 18.4 Å². The number of carbonyl (C=O) groups is 1. The zero-order chi connectivity index (χ0) is 13.8. The van der Waals surface area contributed by atoms with E-state index < -0.39 is 0 Å². The number of aromatic nitrogens is 2. The lowest BCUT2D eigenvalue weighted by molar-refractivity contribution is -0.131. The van der Waals surface area contributed by atoms with Gasteiger partial charge in [0.05, 0.1) is 17.4 Å². The summed E-state index contributed by atoms with van der Waals surface area (Å²) in [4.78, 5) is 22.5. The lowest BCUT2D eigenvalue weighted by Crippen LogP contribution is -2.44. The molecule has 6 heteroatoms. The zero-order valence-corrected chi connectivity index (χ0v) is 12.0. The minimum Gasteiger partial charge on any atom is -0.342 e. The van der Waals surface area contributed by atoms with Crippen LogP contribution in [0.3, 0.4) is 0 Å². The smallest absolute Gasteiger partial charge is 0.245 e. The van der Waals surface area contributed by atoms with Crippen LogP contribution in [0.25, 0.3) is 0 Å². The topological polar surface area (TPSA) is 58.1 Å². The molecule has 0 saturated carbocycles. The molecule has 19 heavy (non-hydrogen) atoms. The second-order valence-corrected chi connectivity index (χ2v) is 5.56. The summed E-state index contributed by atoms with van der Waals surface area (Å²) in [6, 6.07) is -0.292. The highest BCUT2D eigenvalue weighted by Gasteiger charge is 2.29. The minimum absolute atomic E-state index is 0.131. The predicted molar refractivity (Wildman–Crippen MR) is 75.1 cm³/mol. The van der Waals surface area contributed by atoms with Crippen LogP contribution in [0.2, 0.25) is 5.02 Å². The van der Waals surface area contributed by atoms with Gasteiger partial charge in [0, 0.05) is 13.1 Å². The van der Waals surface area contributed by atoms with E-state index in [-0.39, 0.29) is 17.9 Å². The molecule has 2 rings (SSSR count). The Labute approximate surface area is 118 Å². The van der Waals surface area contributed by atoms with Crippen molar-refractivity contribution in [3.63, 3.8) is 0 Å². The van der Waals surface area contributed by atoms with Gasteiger partial charge in [0.1, 0.15) is 6.04 Å². The molecule has 0 unspecified atom stereocenters. The number of nitrogens with zero attached hydrogens (tertiary/aromatic N) is 3. The van der Waals surface area contributed by atoms with Crippen LogP contribution in [-0.4, -0.2) is 39.9 Å². The van der Waals surface area contributed by atoms with Crippen molar-refractivity contribution >= 4 is 23.5 Å². The first-order chi connectivity index (χ1) is 9.08. The Morgan fingerprint density at radius 2 is 1.89 bits per heavy atom. The zero-order valence-electron chi connectivity index (χ0n) is 11.3. The Balaban J connectivity index is 2.07. The third-order valence-corrected chi connectivity index (χ3v) is 3.45. The van der Waals surface area contributed by atoms with Crippen molar-refractivity contribution in [2.45, 2.75) is 32.7 Å². The van der Waals surface area contributed by atoms with Crippen molar-refractivity contribution in [3.05, 3.63) is 17.4 Å². The van der Waals surface area contributed by atoms with Gasteiger partial charge in [0.2, 0.25) is 11.9 Å². The molecule has 0 bridgehead atoms. The lowest BCUT2D eigenvalue weighted by Gasteiger charge is -2.26. The van der Waals surface area contributed by atoms with Gasteiger partial charge < -0.3 is 10.2 Å². The van der Waals surface area contributed by atoms with E-state index in [0.29, 0.717) is 11.0 Å². The van der Waals surface area contributed by atoms with E-state index in [0.717, 1.165) is 25.9 Å². The number of hydrogen-bond donors (Lipinski definition) is 1. The first kappa shape index (κ1) is 14.1. The van der Waals surface area contributed by atoms with E-state index in [1.165, 1.54) is 12.4 Å². The van der Waals surface area contributed by atoms with Crippen molar-refractivity contribution in [3.8, 4) is 0 Å². The van der Waals surface area contributed by atoms with E-state index in [2.05, 4.69) is 15.3 Å². The van der Waals surface area contributed by atoms with Gasteiger partial charge >= 0.3 is 0 Å². The number of hydrogen-bond acceptors (Lipinski definition) is 4. The van der Waals surface area contributed by atoms with E-state index in [1.54, 1.807) is 0 Å². The van der Waals surface area contributed by atoms with E-state index in [9.17, 15) is 4.79 Å². The number of rotatable bonds is 4. The van der Waals surface area contributed by atoms with Crippen LogP contribution in [0.5, 0.6) is 0 Å². The van der Waals surface area contributed by atoms with Crippen molar-refractivity contribution in [2.24, 2.45) is 5.92 Å². The molecule has 0 aromatic carbocycles. The van der Waals surface area contributed by atoms with Gasteiger partial charge in [-0.1, -0.05) is 25.4 Å². The number of likely N-dealkylation sites (tertiary alicyclic amines) is 1. The molecular formula is C13H19ClN4O. The minimum atomic E-state index is -0.292. The molecular weight excluding hydrogens is 264 g/mol. The maximum absolute atomic E-state index is 12.4. The fourth-order valence-electron chi connectivity index (χ4n) is 2.17. The number of anilines is 1. The molecule has 1 aromatic rings. The third kappa shape index (κ3) is 3.56. The lowest BCUT2D eigenvalue weighted by atomic mass is 10.0. The standard InChI is InChI=1S/C13H19ClN4O/c1-9(2)11(12(19)18-5-3-4-6-18)17-13-15-7-10(14)8-16-13/h7-9,11H,3-6H2,1-2H3,(H,15,16,17)/t11-/m0/s1. The summed E-state index contributed by atoms with van der Waals surface area (Å²) in [5, 5.41) is 3.59. The monoisotopic (exact) mass is 282 g/mol. The fraction of sp³-hybridized carbons (Fsp3) is 0.615. The highest BCUT2D eigenvalue weighted by Crippen LogP contribution is 2.16. The molecule has 0 aliphatic carbocycles. The number of amides is 1. The Hall–Kier alpha value is -1.36. The van der Waals surface area contributed by atoms with Crippen LogP contribution in [-0.2, 0) is 4.79 Å². The molecule has 1 fully saturated rings. The third-order valence-electron chi connectivity index (χ3n) is 3.26. The Morgan fingerprint density at radius 1 is 1.32 bits per heavy atom. The fourth-order valence-corrected chi connectivity index (χ4v) is 2.27. The van der Waals surface area contributed by atoms with Gasteiger partial charge in [0.15, 0.2) is 0 Å². The average molecular weight is 283 g/mol. The summed E-state index contributed by atoms with van der Waals surface area (Å²) in [6.45, 7) is 5.74. The quantitative estimate of drug-likeness (QED) is 0.920. The first-order valence-corrected chi connectivity index (χ1v) is 6.98. The van der Waals surface area contributed by atoms with Crippen LogP contribution in [0.4, 0.5) is 5.95 Å². The molecule has 2 heterocycles. The molecule has 1 atom stereocenters.